The summed E-state index contributed by atoms with van der Waals surface area (Å²) in [6.45, 7) is 0.0488. The van der Waals surface area contributed by atoms with E-state index in [1.165, 1.54) is 23.1 Å². The highest BCUT2D eigenvalue weighted by Gasteiger charge is 2.22. The summed E-state index contributed by atoms with van der Waals surface area (Å²) in [6, 6.07) is 6.56. The molecule has 3 rings (SSSR count). The predicted molar refractivity (Wildman–Crippen MR) is 86.0 cm³/mol. The first-order valence-corrected chi connectivity index (χ1v) is 7.86. The largest absolute Gasteiger partial charge is 0.483 e. The maximum Gasteiger partial charge on any atom is 0.260 e. The predicted octanol–water partition coefficient (Wildman–Crippen LogP) is 2.25. The van der Waals surface area contributed by atoms with Gasteiger partial charge < -0.3 is 15.0 Å². The number of halogens is 3. The van der Waals surface area contributed by atoms with Crippen molar-refractivity contribution in [2.45, 2.75) is 6.54 Å². The fourth-order valence-corrected chi connectivity index (χ4v) is 2.61. The van der Waals surface area contributed by atoms with Gasteiger partial charge in [0.2, 0.25) is 0 Å². The average Bonchev–Trinajstić information content (AvgIpc) is 2.76. The minimum atomic E-state index is -0.840. The number of fused-ring (bicyclic) bond motifs is 1. The van der Waals surface area contributed by atoms with Crippen LogP contribution < -0.4 is 10.1 Å². The Bertz CT molecular complexity index is 858. The maximum absolute atomic E-state index is 13.6. The number of amides is 2. The van der Waals surface area contributed by atoms with E-state index >= 15 is 0 Å². The quantitative estimate of drug-likeness (QED) is 0.905. The van der Waals surface area contributed by atoms with Crippen molar-refractivity contribution in [1.82, 2.24) is 10.2 Å². The summed E-state index contributed by atoms with van der Waals surface area (Å²) in [4.78, 5) is 25.4. The molecule has 26 heavy (non-hydrogen) atoms. The van der Waals surface area contributed by atoms with E-state index in [0.29, 0.717) is 11.3 Å². The molecule has 0 unspecified atom stereocenters. The van der Waals surface area contributed by atoms with Gasteiger partial charge in [0.1, 0.15) is 23.2 Å². The molecule has 5 nitrogen and oxygen atoms in total. The molecule has 1 heterocycles. The smallest absolute Gasteiger partial charge is 0.260 e. The second-order valence-corrected chi connectivity index (χ2v) is 5.74. The molecule has 136 valence electrons. The van der Waals surface area contributed by atoms with Crippen LogP contribution in [-0.2, 0) is 11.3 Å². The highest BCUT2D eigenvalue weighted by Crippen LogP contribution is 2.24. The van der Waals surface area contributed by atoms with Crippen molar-refractivity contribution in [3.63, 3.8) is 0 Å². The van der Waals surface area contributed by atoms with Crippen LogP contribution in [0.1, 0.15) is 15.9 Å². The highest BCUT2D eigenvalue weighted by atomic mass is 19.1. The first-order chi connectivity index (χ1) is 12.4. The van der Waals surface area contributed by atoms with E-state index in [1.807, 2.05) is 0 Å². The van der Waals surface area contributed by atoms with Gasteiger partial charge in [-0.05, 0) is 36.4 Å². The number of carbonyl (C=O) groups is 2. The number of hydrogen-bond donors (Lipinski definition) is 1. The summed E-state index contributed by atoms with van der Waals surface area (Å²) >= 11 is 0. The van der Waals surface area contributed by atoms with Crippen LogP contribution in [0.3, 0.4) is 0 Å². The zero-order valence-corrected chi connectivity index (χ0v) is 13.6. The van der Waals surface area contributed by atoms with E-state index in [4.69, 9.17) is 4.74 Å². The van der Waals surface area contributed by atoms with Crippen molar-refractivity contribution in [1.29, 1.82) is 0 Å². The molecule has 1 aliphatic rings. The van der Waals surface area contributed by atoms with E-state index in [0.717, 1.165) is 18.2 Å². The third-order valence-corrected chi connectivity index (χ3v) is 3.93. The first kappa shape index (κ1) is 17.8. The molecule has 0 aliphatic carbocycles. The van der Waals surface area contributed by atoms with Crippen LogP contribution in [0.5, 0.6) is 5.75 Å². The molecule has 0 saturated heterocycles. The fraction of sp³-hybridized carbons (Fsp3) is 0.222. The molecule has 2 aromatic carbocycles. The van der Waals surface area contributed by atoms with Crippen molar-refractivity contribution in [2.75, 3.05) is 19.7 Å². The second-order valence-electron chi connectivity index (χ2n) is 5.74. The maximum atomic E-state index is 13.6. The molecule has 8 heteroatoms. The molecule has 1 aliphatic heterocycles. The van der Waals surface area contributed by atoms with Crippen molar-refractivity contribution in [3.8, 4) is 5.75 Å². The third-order valence-electron chi connectivity index (χ3n) is 3.93. The molecule has 0 fully saturated rings. The van der Waals surface area contributed by atoms with Crippen LogP contribution in [0, 0.1) is 17.5 Å². The standard InChI is InChI=1S/C18H15F3N2O3/c19-12-2-4-16-11(7-12)9-23(17(24)10-26-16)6-5-22-18(25)14-8-13(20)1-3-15(14)21/h1-4,7-8H,5-6,9-10H2,(H,22,25). The van der Waals surface area contributed by atoms with E-state index in [-0.39, 0.29) is 32.1 Å². The number of carbonyl (C=O) groups excluding carboxylic acids is 2. The number of hydrogen-bond acceptors (Lipinski definition) is 3. The van der Waals surface area contributed by atoms with Gasteiger partial charge in [-0.15, -0.1) is 0 Å². The van der Waals surface area contributed by atoms with Crippen LogP contribution in [0.4, 0.5) is 13.2 Å². The van der Waals surface area contributed by atoms with E-state index in [1.54, 1.807) is 0 Å². The van der Waals surface area contributed by atoms with Gasteiger partial charge in [0.15, 0.2) is 6.61 Å². The lowest BCUT2D eigenvalue weighted by Gasteiger charge is -2.20. The van der Waals surface area contributed by atoms with Gasteiger partial charge in [-0.3, -0.25) is 9.59 Å². The molecule has 0 spiro atoms. The Balaban J connectivity index is 1.62. The zero-order valence-electron chi connectivity index (χ0n) is 13.6. The van der Waals surface area contributed by atoms with Gasteiger partial charge in [0.05, 0.1) is 5.56 Å². The van der Waals surface area contributed by atoms with Crippen molar-refractivity contribution in [3.05, 3.63) is 65.0 Å². The van der Waals surface area contributed by atoms with Crippen LogP contribution in [-0.4, -0.2) is 36.4 Å². The first-order valence-electron chi connectivity index (χ1n) is 7.86. The minimum Gasteiger partial charge on any atom is -0.483 e. The highest BCUT2D eigenvalue weighted by molar-refractivity contribution is 5.94. The molecule has 0 radical (unpaired) electrons. The summed E-state index contributed by atoms with van der Waals surface area (Å²) < 4.78 is 45.4. The number of benzene rings is 2. The van der Waals surface area contributed by atoms with Crippen LogP contribution >= 0.6 is 0 Å². The Morgan fingerprint density at radius 1 is 1.12 bits per heavy atom. The Hall–Kier alpha value is -3.03. The molecule has 2 amide bonds. The molecule has 0 bridgehead atoms. The van der Waals surface area contributed by atoms with Crippen molar-refractivity contribution in [2.24, 2.45) is 0 Å². The summed E-state index contributed by atoms with van der Waals surface area (Å²) in [7, 11) is 0. The van der Waals surface area contributed by atoms with Gasteiger partial charge in [-0.1, -0.05) is 0 Å². The normalized spacial score (nSPS) is 13.7. The average molecular weight is 364 g/mol. The summed E-state index contributed by atoms with van der Waals surface area (Å²) in [5, 5.41) is 2.44. The van der Waals surface area contributed by atoms with E-state index < -0.39 is 28.9 Å². The van der Waals surface area contributed by atoms with Gasteiger partial charge in [-0.2, -0.15) is 0 Å². The Morgan fingerprint density at radius 3 is 2.65 bits per heavy atom. The van der Waals surface area contributed by atoms with Crippen LogP contribution in [0.2, 0.25) is 0 Å². The molecule has 0 saturated carbocycles. The lowest BCUT2D eigenvalue weighted by atomic mass is 10.2. The van der Waals surface area contributed by atoms with Crippen molar-refractivity contribution >= 4 is 11.8 Å². The minimum absolute atomic E-state index is 0.0190. The third kappa shape index (κ3) is 3.96. The number of rotatable bonds is 4. The molecular formula is C18H15F3N2O3. The fourth-order valence-electron chi connectivity index (χ4n) is 2.61. The lowest BCUT2D eigenvalue weighted by Crippen LogP contribution is -2.39. The van der Waals surface area contributed by atoms with Gasteiger partial charge in [-0.25, -0.2) is 13.2 Å². The van der Waals surface area contributed by atoms with Gasteiger partial charge >= 0.3 is 0 Å². The lowest BCUT2D eigenvalue weighted by molar-refractivity contribution is -0.133. The summed E-state index contributed by atoms with van der Waals surface area (Å²) in [5.41, 5.74) is 0.0984. The van der Waals surface area contributed by atoms with E-state index in [9.17, 15) is 22.8 Å². The molecule has 2 aromatic rings. The monoisotopic (exact) mass is 364 g/mol. The van der Waals surface area contributed by atoms with Gasteiger partial charge in [0.25, 0.3) is 11.8 Å². The van der Waals surface area contributed by atoms with Gasteiger partial charge in [0, 0.05) is 25.2 Å². The Labute approximate surface area is 147 Å². The van der Waals surface area contributed by atoms with Crippen LogP contribution in [0.15, 0.2) is 36.4 Å². The second kappa shape index (κ2) is 7.47. The number of nitrogens with one attached hydrogen (secondary N) is 1. The van der Waals surface area contributed by atoms with Crippen LogP contribution in [0.25, 0.3) is 0 Å². The Kier molecular flexibility index (Phi) is 5.11. The number of ether oxygens (including phenoxy) is 1. The zero-order chi connectivity index (χ0) is 18.7. The summed E-state index contributed by atoms with van der Waals surface area (Å²) in [5.74, 6) is -2.70. The van der Waals surface area contributed by atoms with Crippen molar-refractivity contribution < 1.29 is 27.5 Å². The molecule has 0 atom stereocenters. The number of nitrogens with zero attached hydrogens (tertiary/aromatic N) is 1. The SMILES string of the molecule is O=C(NCCN1Cc2cc(F)ccc2OCC1=O)c1cc(F)ccc1F. The molecule has 1 N–H and O–H groups in total. The molecule has 0 aromatic heterocycles. The molecular weight excluding hydrogens is 349 g/mol. The van der Waals surface area contributed by atoms with E-state index in [2.05, 4.69) is 5.32 Å². The topological polar surface area (TPSA) is 58.6 Å². The Morgan fingerprint density at radius 2 is 1.85 bits per heavy atom. The summed E-state index contributed by atoms with van der Waals surface area (Å²) in [6.07, 6.45) is 0.